The Balaban J connectivity index is 2.26. The number of nitro benzene ring substituents is 1. The molecule has 1 aromatic rings. The molecule has 21 heavy (non-hydrogen) atoms. The molecule has 0 bridgehead atoms. The highest BCUT2D eigenvalue weighted by Crippen LogP contribution is 2.36. The molecule has 0 aliphatic carbocycles. The van der Waals surface area contributed by atoms with Gasteiger partial charge >= 0.3 is 5.97 Å². The minimum atomic E-state index is -0.876. The van der Waals surface area contributed by atoms with Crippen LogP contribution in [0.2, 0.25) is 0 Å². The summed E-state index contributed by atoms with van der Waals surface area (Å²) in [6.07, 6.45) is 2.51. The molecule has 0 aromatic heterocycles. The standard InChI is InChI=1S/C15H20N2O4/c1-11(12-5-7-13(8-6-12)17(20)21)16-10-4-3-9-15(16,2)14(18)19/h5-8,11H,3-4,9-10H2,1-2H3,(H,18,19). The Bertz CT molecular complexity index is 543. The van der Waals surface area contributed by atoms with Crippen LogP contribution in [0.3, 0.4) is 0 Å². The van der Waals surface area contributed by atoms with Crippen LogP contribution in [0.1, 0.15) is 44.7 Å². The van der Waals surface area contributed by atoms with E-state index in [-0.39, 0.29) is 11.7 Å². The molecular weight excluding hydrogens is 272 g/mol. The Kier molecular flexibility index (Phi) is 4.27. The number of hydrogen-bond donors (Lipinski definition) is 1. The maximum absolute atomic E-state index is 11.6. The van der Waals surface area contributed by atoms with E-state index < -0.39 is 16.4 Å². The Hall–Kier alpha value is -1.95. The predicted octanol–water partition coefficient (Wildman–Crippen LogP) is 2.99. The Labute approximate surface area is 123 Å². The monoisotopic (exact) mass is 292 g/mol. The number of non-ortho nitro benzene ring substituents is 1. The normalized spacial score (nSPS) is 24.5. The second kappa shape index (κ2) is 5.81. The van der Waals surface area contributed by atoms with Gasteiger partial charge in [-0.2, -0.15) is 0 Å². The first-order valence-electron chi connectivity index (χ1n) is 7.11. The largest absolute Gasteiger partial charge is 0.480 e. The maximum atomic E-state index is 11.6. The van der Waals surface area contributed by atoms with Crippen molar-refractivity contribution in [3.05, 3.63) is 39.9 Å². The molecule has 2 unspecified atom stereocenters. The molecule has 114 valence electrons. The Morgan fingerprint density at radius 2 is 2.00 bits per heavy atom. The minimum absolute atomic E-state index is 0.0468. The van der Waals surface area contributed by atoms with Crippen LogP contribution in [0.5, 0.6) is 0 Å². The van der Waals surface area contributed by atoms with Crippen LogP contribution in [0.25, 0.3) is 0 Å². The van der Waals surface area contributed by atoms with Gasteiger partial charge in [-0.1, -0.05) is 12.1 Å². The minimum Gasteiger partial charge on any atom is -0.480 e. The van der Waals surface area contributed by atoms with Crippen molar-refractivity contribution in [2.45, 2.75) is 44.7 Å². The first kappa shape index (κ1) is 15.4. The van der Waals surface area contributed by atoms with Crippen LogP contribution >= 0.6 is 0 Å². The third-order valence-corrected chi connectivity index (χ3v) is 4.46. The van der Waals surface area contributed by atoms with Gasteiger partial charge in [-0.15, -0.1) is 0 Å². The topological polar surface area (TPSA) is 83.7 Å². The number of carboxylic acids is 1. The number of rotatable bonds is 4. The summed E-state index contributed by atoms with van der Waals surface area (Å²) < 4.78 is 0. The smallest absolute Gasteiger partial charge is 0.323 e. The molecular formula is C15H20N2O4. The lowest BCUT2D eigenvalue weighted by atomic mass is 9.86. The highest BCUT2D eigenvalue weighted by atomic mass is 16.6. The van der Waals surface area contributed by atoms with Crippen LogP contribution in [0.4, 0.5) is 5.69 Å². The van der Waals surface area contributed by atoms with Gasteiger partial charge in [0.05, 0.1) is 4.92 Å². The van der Waals surface area contributed by atoms with E-state index in [2.05, 4.69) is 0 Å². The van der Waals surface area contributed by atoms with Crippen molar-refractivity contribution in [2.24, 2.45) is 0 Å². The molecule has 1 aliphatic rings. The molecule has 2 atom stereocenters. The second-order valence-electron chi connectivity index (χ2n) is 5.75. The lowest BCUT2D eigenvalue weighted by Crippen LogP contribution is -2.55. The number of piperidine rings is 1. The third-order valence-electron chi connectivity index (χ3n) is 4.46. The van der Waals surface area contributed by atoms with Gasteiger partial charge in [0.1, 0.15) is 5.54 Å². The average Bonchev–Trinajstić information content (AvgIpc) is 2.47. The predicted molar refractivity (Wildman–Crippen MR) is 78.1 cm³/mol. The fraction of sp³-hybridized carbons (Fsp3) is 0.533. The first-order valence-corrected chi connectivity index (χ1v) is 7.11. The van der Waals surface area contributed by atoms with E-state index in [9.17, 15) is 20.0 Å². The van der Waals surface area contributed by atoms with Gasteiger partial charge in [0.2, 0.25) is 0 Å². The number of aliphatic carboxylic acids is 1. The van der Waals surface area contributed by atoms with Gasteiger partial charge in [-0.3, -0.25) is 19.8 Å². The van der Waals surface area contributed by atoms with Crippen LogP contribution < -0.4 is 0 Å². The molecule has 1 fully saturated rings. The van der Waals surface area contributed by atoms with Gasteiger partial charge in [0, 0.05) is 18.2 Å². The van der Waals surface area contributed by atoms with E-state index in [4.69, 9.17) is 0 Å². The van der Waals surface area contributed by atoms with Crippen LogP contribution in [0.15, 0.2) is 24.3 Å². The Morgan fingerprint density at radius 3 is 2.52 bits per heavy atom. The molecule has 1 aliphatic heterocycles. The summed E-state index contributed by atoms with van der Waals surface area (Å²) in [6.45, 7) is 4.44. The van der Waals surface area contributed by atoms with E-state index in [1.807, 2.05) is 11.8 Å². The van der Waals surface area contributed by atoms with E-state index in [0.29, 0.717) is 6.42 Å². The van der Waals surface area contributed by atoms with Crippen LogP contribution in [0, 0.1) is 10.1 Å². The zero-order valence-electron chi connectivity index (χ0n) is 12.3. The maximum Gasteiger partial charge on any atom is 0.323 e. The van der Waals surface area contributed by atoms with Gasteiger partial charge in [-0.25, -0.2) is 0 Å². The zero-order chi connectivity index (χ0) is 15.6. The molecule has 6 nitrogen and oxygen atoms in total. The van der Waals surface area contributed by atoms with E-state index >= 15 is 0 Å². The number of nitro groups is 1. The molecule has 2 rings (SSSR count). The summed E-state index contributed by atoms with van der Waals surface area (Å²) in [7, 11) is 0. The summed E-state index contributed by atoms with van der Waals surface area (Å²) in [5.74, 6) is -0.809. The van der Waals surface area contributed by atoms with Gasteiger partial charge < -0.3 is 5.11 Å². The lowest BCUT2D eigenvalue weighted by Gasteiger charge is -2.45. The summed E-state index contributed by atoms with van der Waals surface area (Å²) in [5.41, 5.74) is 0.0694. The fourth-order valence-corrected chi connectivity index (χ4v) is 3.05. The third kappa shape index (κ3) is 2.90. The summed E-state index contributed by atoms with van der Waals surface area (Å²) >= 11 is 0. The number of nitrogens with zero attached hydrogens (tertiary/aromatic N) is 2. The van der Waals surface area contributed by atoms with Gasteiger partial charge in [0.15, 0.2) is 0 Å². The first-order chi connectivity index (χ1) is 9.86. The summed E-state index contributed by atoms with van der Waals surface area (Å²) in [6, 6.07) is 6.26. The van der Waals surface area contributed by atoms with Crippen molar-refractivity contribution in [2.75, 3.05) is 6.54 Å². The van der Waals surface area contributed by atoms with Crippen LogP contribution in [-0.2, 0) is 4.79 Å². The van der Waals surface area contributed by atoms with Crippen LogP contribution in [-0.4, -0.2) is 33.0 Å². The van der Waals surface area contributed by atoms with Crippen molar-refractivity contribution in [3.8, 4) is 0 Å². The molecule has 1 aromatic carbocycles. The lowest BCUT2D eigenvalue weighted by molar-refractivity contribution is -0.384. The molecule has 1 heterocycles. The molecule has 0 radical (unpaired) electrons. The highest BCUT2D eigenvalue weighted by molar-refractivity contribution is 5.78. The van der Waals surface area contributed by atoms with Crippen molar-refractivity contribution in [1.82, 2.24) is 4.90 Å². The van der Waals surface area contributed by atoms with E-state index in [1.165, 1.54) is 12.1 Å². The molecule has 6 heteroatoms. The zero-order valence-corrected chi connectivity index (χ0v) is 12.3. The quantitative estimate of drug-likeness (QED) is 0.681. The van der Waals surface area contributed by atoms with E-state index in [0.717, 1.165) is 24.9 Å². The van der Waals surface area contributed by atoms with Crippen molar-refractivity contribution in [1.29, 1.82) is 0 Å². The van der Waals surface area contributed by atoms with Crippen molar-refractivity contribution < 1.29 is 14.8 Å². The number of benzene rings is 1. The molecule has 0 spiro atoms. The molecule has 0 amide bonds. The van der Waals surface area contributed by atoms with Gasteiger partial charge in [-0.05, 0) is 45.2 Å². The SMILES string of the molecule is CC(c1ccc([N+](=O)[O-])cc1)N1CCCCC1(C)C(=O)O. The average molecular weight is 292 g/mol. The molecule has 0 saturated carbocycles. The summed E-state index contributed by atoms with van der Waals surface area (Å²) in [5, 5.41) is 20.2. The van der Waals surface area contributed by atoms with Crippen molar-refractivity contribution >= 4 is 11.7 Å². The number of likely N-dealkylation sites (tertiary alicyclic amines) is 1. The number of hydrogen-bond acceptors (Lipinski definition) is 4. The van der Waals surface area contributed by atoms with Crippen molar-refractivity contribution in [3.63, 3.8) is 0 Å². The highest BCUT2D eigenvalue weighted by Gasteiger charge is 2.43. The number of carboxylic acid groups (broad SMARTS) is 1. The Morgan fingerprint density at radius 1 is 1.38 bits per heavy atom. The van der Waals surface area contributed by atoms with E-state index in [1.54, 1.807) is 19.1 Å². The number of carbonyl (C=O) groups is 1. The fourth-order valence-electron chi connectivity index (χ4n) is 3.05. The second-order valence-corrected chi connectivity index (χ2v) is 5.75. The molecule has 1 saturated heterocycles. The summed E-state index contributed by atoms with van der Waals surface area (Å²) in [4.78, 5) is 23.9. The molecule has 1 N–H and O–H groups in total. The van der Waals surface area contributed by atoms with Gasteiger partial charge in [0.25, 0.3) is 5.69 Å².